The van der Waals surface area contributed by atoms with Gasteiger partial charge in [-0.15, -0.1) is 0 Å². The molecule has 86 valence electrons. The van der Waals surface area contributed by atoms with Crippen LogP contribution in [-0.4, -0.2) is 16.9 Å². The number of benzene rings is 1. The standard InChI is InChI=1S/C13H14N4/c14-17-13(16-10-5-6-10)12-11-4-2-1-3-9(11)7-8-15-12/h1-4,7-8,10H,5-6,14H2,(H,16,17). The summed E-state index contributed by atoms with van der Waals surface area (Å²) in [6.07, 6.45) is 4.09. The Balaban J connectivity index is 2.15. The summed E-state index contributed by atoms with van der Waals surface area (Å²) in [6.45, 7) is 0. The zero-order valence-electron chi connectivity index (χ0n) is 9.43. The van der Waals surface area contributed by atoms with E-state index in [-0.39, 0.29) is 0 Å². The van der Waals surface area contributed by atoms with Crippen molar-refractivity contribution < 1.29 is 0 Å². The highest BCUT2D eigenvalue weighted by Gasteiger charge is 2.22. The Morgan fingerprint density at radius 2 is 2.12 bits per heavy atom. The SMILES string of the molecule is NNC(=NC1CC1)c1nccc2ccccc12. The second-order valence-corrected chi connectivity index (χ2v) is 4.23. The van der Waals surface area contributed by atoms with E-state index in [1.165, 1.54) is 0 Å². The molecule has 1 aromatic carbocycles. The number of aromatic nitrogens is 1. The average molecular weight is 226 g/mol. The minimum atomic E-state index is 0.418. The molecule has 0 spiro atoms. The van der Waals surface area contributed by atoms with Gasteiger partial charge in [-0.1, -0.05) is 24.3 Å². The van der Waals surface area contributed by atoms with Crippen molar-refractivity contribution in [1.29, 1.82) is 0 Å². The van der Waals surface area contributed by atoms with Crippen molar-refractivity contribution in [3.05, 3.63) is 42.2 Å². The monoisotopic (exact) mass is 226 g/mol. The Bertz CT molecular complexity index is 567. The maximum absolute atomic E-state index is 5.55. The minimum absolute atomic E-state index is 0.418. The zero-order valence-corrected chi connectivity index (χ0v) is 9.43. The molecule has 17 heavy (non-hydrogen) atoms. The molecular weight excluding hydrogens is 212 g/mol. The van der Waals surface area contributed by atoms with Crippen LogP contribution in [0.25, 0.3) is 10.8 Å². The number of nitrogens with zero attached hydrogens (tertiary/aromatic N) is 2. The van der Waals surface area contributed by atoms with Gasteiger partial charge in [0.05, 0.1) is 6.04 Å². The molecule has 4 nitrogen and oxygen atoms in total. The number of nitrogens with two attached hydrogens (primary N) is 1. The lowest BCUT2D eigenvalue weighted by molar-refractivity contribution is 0.964. The number of nitrogens with one attached hydrogen (secondary N) is 1. The van der Waals surface area contributed by atoms with Crippen LogP contribution in [0.4, 0.5) is 0 Å². The lowest BCUT2D eigenvalue weighted by Gasteiger charge is -2.08. The summed E-state index contributed by atoms with van der Waals surface area (Å²) >= 11 is 0. The molecule has 4 heteroatoms. The van der Waals surface area contributed by atoms with Gasteiger partial charge in [-0.2, -0.15) is 0 Å². The molecule has 0 radical (unpaired) electrons. The van der Waals surface area contributed by atoms with Gasteiger partial charge in [-0.05, 0) is 24.3 Å². The summed E-state index contributed by atoms with van der Waals surface area (Å²) < 4.78 is 0. The van der Waals surface area contributed by atoms with Crippen LogP contribution in [0.3, 0.4) is 0 Å². The first-order valence-electron chi connectivity index (χ1n) is 5.77. The summed E-state index contributed by atoms with van der Waals surface area (Å²) in [7, 11) is 0. The van der Waals surface area contributed by atoms with E-state index in [0.717, 1.165) is 29.3 Å². The Morgan fingerprint density at radius 3 is 2.88 bits per heavy atom. The van der Waals surface area contributed by atoms with Crippen molar-refractivity contribution in [2.24, 2.45) is 10.8 Å². The first-order chi connectivity index (χ1) is 8.38. The lowest BCUT2D eigenvalue weighted by Crippen LogP contribution is -2.32. The summed E-state index contributed by atoms with van der Waals surface area (Å²) in [5, 5.41) is 2.23. The highest BCUT2D eigenvalue weighted by atomic mass is 15.3. The molecule has 3 N–H and O–H groups in total. The average Bonchev–Trinajstić information content (AvgIpc) is 3.19. The molecule has 0 aliphatic heterocycles. The summed E-state index contributed by atoms with van der Waals surface area (Å²) in [5.74, 6) is 6.24. The number of aliphatic imine (C=N–C) groups is 1. The van der Waals surface area contributed by atoms with Crippen molar-refractivity contribution in [2.75, 3.05) is 0 Å². The van der Waals surface area contributed by atoms with E-state index in [4.69, 9.17) is 5.84 Å². The van der Waals surface area contributed by atoms with E-state index in [9.17, 15) is 0 Å². The largest absolute Gasteiger partial charge is 0.307 e. The number of amidine groups is 1. The fourth-order valence-electron chi connectivity index (χ4n) is 1.86. The van der Waals surface area contributed by atoms with Gasteiger partial charge in [0.25, 0.3) is 0 Å². The highest BCUT2D eigenvalue weighted by Crippen LogP contribution is 2.25. The van der Waals surface area contributed by atoms with Gasteiger partial charge >= 0.3 is 0 Å². The van der Waals surface area contributed by atoms with Gasteiger partial charge in [-0.25, -0.2) is 5.84 Å². The van der Waals surface area contributed by atoms with Crippen LogP contribution >= 0.6 is 0 Å². The molecule has 1 fully saturated rings. The molecule has 1 aromatic heterocycles. The van der Waals surface area contributed by atoms with Gasteiger partial charge in [0.1, 0.15) is 5.69 Å². The Kier molecular flexibility index (Phi) is 2.49. The molecule has 1 aliphatic carbocycles. The predicted molar refractivity (Wildman–Crippen MR) is 68.6 cm³/mol. The van der Waals surface area contributed by atoms with Gasteiger partial charge in [0.2, 0.25) is 0 Å². The topological polar surface area (TPSA) is 63.3 Å². The number of hydrazine groups is 1. The molecule has 0 saturated heterocycles. The van der Waals surface area contributed by atoms with Crippen molar-refractivity contribution in [2.45, 2.75) is 18.9 Å². The van der Waals surface area contributed by atoms with E-state index >= 15 is 0 Å². The molecule has 3 rings (SSSR count). The van der Waals surface area contributed by atoms with Crippen molar-refractivity contribution >= 4 is 16.6 Å². The van der Waals surface area contributed by atoms with E-state index in [0.29, 0.717) is 11.9 Å². The number of pyridine rings is 1. The predicted octanol–water partition coefficient (Wildman–Crippen LogP) is 1.61. The van der Waals surface area contributed by atoms with Crippen LogP contribution < -0.4 is 11.3 Å². The second kappa shape index (κ2) is 4.14. The fourth-order valence-corrected chi connectivity index (χ4v) is 1.86. The summed E-state index contributed by atoms with van der Waals surface area (Å²) in [6, 6.07) is 10.5. The van der Waals surface area contributed by atoms with Crippen LogP contribution in [0.5, 0.6) is 0 Å². The smallest absolute Gasteiger partial charge is 0.162 e. The van der Waals surface area contributed by atoms with Gasteiger partial charge < -0.3 is 5.43 Å². The van der Waals surface area contributed by atoms with Crippen molar-refractivity contribution in [1.82, 2.24) is 10.4 Å². The zero-order chi connectivity index (χ0) is 11.7. The number of hydrogen-bond donors (Lipinski definition) is 2. The van der Waals surface area contributed by atoms with Crippen molar-refractivity contribution in [3.63, 3.8) is 0 Å². The van der Waals surface area contributed by atoms with Crippen LogP contribution in [0, 0.1) is 0 Å². The third-order valence-corrected chi connectivity index (χ3v) is 2.89. The van der Waals surface area contributed by atoms with Gasteiger partial charge in [0, 0.05) is 11.6 Å². The van der Waals surface area contributed by atoms with E-state index in [1.54, 1.807) is 6.20 Å². The number of hydrogen-bond acceptors (Lipinski definition) is 3. The molecule has 1 heterocycles. The third kappa shape index (κ3) is 1.99. The number of rotatable bonds is 2. The van der Waals surface area contributed by atoms with E-state index < -0.39 is 0 Å². The maximum atomic E-state index is 5.55. The quantitative estimate of drug-likeness (QED) is 0.354. The van der Waals surface area contributed by atoms with Crippen LogP contribution in [0.1, 0.15) is 18.5 Å². The van der Waals surface area contributed by atoms with Crippen molar-refractivity contribution in [3.8, 4) is 0 Å². The normalized spacial score (nSPS) is 16.2. The van der Waals surface area contributed by atoms with Crippen LogP contribution in [0.15, 0.2) is 41.5 Å². The highest BCUT2D eigenvalue weighted by molar-refractivity contribution is 6.07. The number of fused-ring (bicyclic) bond motifs is 1. The van der Waals surface area contributed by atoms with Gasteiger partial charge in [-0.3, -0.25) is 9.98 Å². The van der Waals surface area contributed by atoms with E-state index in [1.807, 2.05) is 24.3 Å². The first kappa shape index (κ1) is 10.2. The van der Waals surface area contributed by atoms with E-state index in [2.05, 4.69) is 21.5 Å². The molecular formula is C13H14N4. The maximum Gasteiger partial charge on any atom is 0.162 e. The molecule has 1 saturated carbocycles. The third-order valence-electron chi connectivity index (χ3n) is 2.89. The Morgan fingerprint density at radius 1 is 1.29 bits per heavy atom. The van der Waals surface area contributed by atoms with Gasteiger partial charge in [0.15, 0.2) is 5.84 Å². The first-order valence-corrected chi connectivity index (χ1v) is 5.77. The van der Waals surface area contributed by atoms with Crippen LogP contribution in [0.2, 0.25) is 0 Å². The fraction of sp³-hybridized carbons (Fsp3) is 0.231. The molecule has 2 aromatic rings. The Labute approximate surface area is 99.5 Å². The summed E-state index contributed by atoms with van der Waals surface area (Å²) in [5.41, 5.74) is 3.50. The summed E-state index contributed by atoms with van der Waals surface area (Å²) in [4.78, 5) is 8.93. The second-order valence-electron chi connectivity index (χ2n) is 4.23. The Hall–Kier alpha value is -1.94. The molecule has 0 atom stereocenters. The van der Waals surface area contributed by atoms with Crippen LogP contribution in [-0.2, 0) is 0 Å². The molecule has 0 unspecified atom stereocenters. The molecule has 1 aliphatic rings. The molecule has 0 bridgehead atoms. The molecule has 0 amide bonds. The lowest BCUT2D eigenvalue weighted by atomic mass is 10.1. The minimum Gasteiger partial charge on any atom is -0.307 e.